The van der Waals surface area contributed by atoms with Crippen LogP contribution in [0, 0.1) is 5.82 Å². The monoisotopic (exact) mass is 292 g/mol. The summed E-state index contributed by atoms with van der Waals surface area (Å²) in [6, 6.07) is 4.73. The Kier molecular flexibility index (Phi) is 2.80. The molecule has 2 nitrogen and oxygen atoms in total. The zero-order valence-electron chi connectivity index (χ0n) is 6.67. The van der Waals surface area contributed by atoms with Gasteiger partial charge in [0.25, 0.3) is 0 Å². The first kappa shape index (κ1) is 10.0. The van der Waals surface area contributed by atoms with Gasteiger partial charge in [0.15, 0.2) is 0 Å². The molecule has 2 rings (SSSR count). The molecule has 0 amide bonds. The lowest BCUT2D eigenvalue weighted by Crippen LogP contribution is -1.84. The molecule has 0 aliphatic rings. The first-order valence-corrected chi connectivity index (χ1v) is 5.56. The summed E-state index contributed by atoms with van der Waals surface area (Å²) in [5, 5.41) is 0.611. The molecule has 0 N–H and O–H groups in total. The van der Waals surface area contributed by atoms with Gasteiger partial charge in [-0.15, -0.1) is 0 Å². The first-order chi connectivity index (χ1) is 6.68. The Bertz CT molecular complexity index is 454. The normalized spacial score (nSPS) is 10.5. The highest BCUT2D eigenvalue weighted by Gasteiger charge is 2.13. The fraction of sp³-hybridized carbons (Fsp3) is 0. The van der Waals surface area contributed by atoms with Crippen molar-refractivity contribution in [1.82, 2.24) is 9.36 Å². The van der Waals surface area contributed by atoms with Gasteiger partial charge in [0.1, 0.15) is 10.8 Å². The number of rotatable bonds is 1. The van der Waals surface area contributed by atoms with Crippen LogP contribution in [0.4, 0.5) is 4.39 Å². The number of halogens is 3. The summed E-state index contributed by atoms with van der Waals surface area (Å²) >= 11 is 9.88. The van der Waals surface area contributed by atoms with Crippen molar-refractivity contribution in [1.29, 1.82) is 0 Å². The summed E-state index contributed by atoms with van der Waals surface area (Å²) in [6.45, 7) is 0. The van der Waals surface area contributed by atoms with E-state index in [0.717, 1.165) is 11.5 Å². The van der Waals surface area contributed by atoms with E-state index in [1.165, 1.54) is 6.07 Å². The van der Waals surface area contributed by atoms with Gasteiger partial charge in [-0.1, -0.05) is 6.07 Å². The fourth-order valence-electron chi connectivity index (χ4n) is 1.01. The molecule has 0 aliphatic heterocycles. The van der Waals surface area contributed by atoms with Gasteiger partial charge in [-0.25, -0.2) is 9.37 Å². The van der Waals surface area contributed by atoms with Crippen molar-refractivity contribution in [3.05, 3.63) is 33.8 Å². The molecule has 0 aliphatic carbocycles. The third-order valence-electron chi connectivity index (χ3n) is 1.58. The quantitative estimate of drug-likeness (QED) is 0.800. The molecule has 72 valence electrons. The van der Waals surface area contributed by atoms with Crippen LogP contribution in [0.3, 0.4) is 0 Å². The molecular formula is C8H3BrClFN2S. The summed E-state index contributed by atoms with van der Waals surface area (Å²) in [5.41, 5.74) is 0.400. The second kappa shape index (κ2) is 3.92. The Morgan fingerprint density at radius 3 is 2.79 bits per heavy atom. The molecule has 0 saturated heterocycles. The van der Waals surface area contributed by atoms with Crippen LogP contribution in [0.25, 0.3) is 10.6 Å². The molecule has 0 fully saturated rings. The second-order valence-electron chi connectivity index (χ2n) is 2.47. The average molecular weight is 294 g/mol. The maximum Gasteiger partial charge on any atom is 0.234 e. The molecular weight excluding hydrogens is 291 g/mol. The van der Waals surface area contributed by atoms with Crippen LogP contribution in [-0.4, -0.2) is 9.36 Å². The zero-order valence-corrected chi connectivity index (χ0v) is 9.83. The smallest absolute Gasteiger partial charge is 0.206 e. The zero-order chi connectivity index (χ0) is 10.1. The van der Waals surface area contributed by atoms with Gasteiger partial charge in [-0.05, 0) is 51.2 Å². The number of hydrogen-bond donors (Lipinski definition) is 0. The number of benzene rings is 1. The van der Waals surface area contributed by atoms with Gasteiger partial charge >= 0.3 is 0 Å². The van der Waals surface area contributed by atoms with Gasteiger partial charge in [0.2, 0.25) is 5.28 Å². The maximum absolute atomic E-state index is 13.4. The van der Waals surface area contributed by atoms with Crippen LogP contribution in [0.2, 0.25) is 5.28 Å². The first-order valence-electron chi connectivity index (χ1n) is 3.62. The third-order valence-corrected chi connectivity index (χ3v) is 3.24. The van der Waals surface area contributed by atoms with Crippen molar-refractivity contribution < 1.29 is 4.39 Å². The van der Waals surface area contributed by atoms with Crippen LogP contribution >= 0.6 is 39.1 Å². The minimum atomic E-state index is -0.341. The second-order valence-corrected chi connectivity index (χ2v) is 4.41. The van der Waals surface area contributed by atoms with E-state index in [4.69, 9.17) is 11.6 Å². The molecule has 2 aromatic rings. The van der Waals surface area contributed by atoms with Crippen molar-refractivity contribution in [2.75, 3.05) is 0 Å². The Labute approximate surface area is 97.0 Å². The Hall–Kier alpha value is -0.520. The van der Waals surface area contributed by atoms with E-state index in [-0.39, 0.29) is 11.1 Å². The molecule has 0 radical (unpaired) electrons. The lowest BCUT2D eigenvalue weighted by Gasteiger charge is -2.00. The van der Waals surface area contributed by atoms with Gasteiger partial charge in [0, 0.05) is 4.47 Å². The van der Waals surface area contributed by atoms with E-state index in [2.05, 4.69) is 25.3 Å². The summed E-state index contributed by atoms with van der Waals surface area (Å²) in [5.74, 6) is -0.341. The molecule has 0 unspecified atom stereocenters. The van der Waals surface area contributed by atoms with Crippen molar-refractivity contribution in [3.8, 4) is 10.6 Å². The van der Waals surface area contributed by atoms with E-state index in [9.17, 15) is 4.39 Å². The fourth-order valence-corrected chi connectivity index (χ4v) is 2.54. The van der Waals surface area contributed by atoms with Gasteiger partial charge in [-0.2, -0.15) is 4.37 Å². The van der Waals surface area contributed by atoms with Crippen LogP contribution in [0.5, 0.6) is 0 Å². The Morgan fingerprint density at radius 1 is 1.43 bits per heavy atom. The van der Waals surface area contributed by atoms with Crippen molar-refractivity contribution in [2.45, 2.75) is 0 Å². The number of nitrogens with zero attached hydrogens (tertiary/aromatic N) is 2. The van der Waals surface area contributed by atoms with E-state index in [0.29, 0.717) is 15.0 Å². The molecule has 1 heterocycles. The van der Waals surface area contributed by atoms with Crippen LogP contribution in [-0.2, 0) is 0 Å². The van der Waals surface area contributed by atoms with E-state index >= 15 is 0 Å². The summed E-state index contributed by atoms with van der Waals surface area (Å²) in [6.07, 6.45) is 0. The van der Waals surface area contributed by atoms with Gasteiger partial charge in [0.05, 0.1) is 5.56 Å². The van der Waals surface area contributed by atoms with E-state index in [1.54, 1.807) is 12.1 Å². The van der Waals surface area contributed by atoms with Crippen LogP contribution in [0.1, 0.15) is 0 Å². The molecule has 0 atom stereocenters. The molecule has 1 aromatic heterocycles. The standard InChI is InChI=1S/C8H3BrClFN2S/c9-4-2-1-3-5(11)6(4)7-12-8(10)13-14-7/h1-3H. The minimum Gasteiger partial charge on any atom is -0.206 e. The van der Waals surface area contributed by atoms with Crippen LogP contribution in [0.15, 0.2) is 22.7 Å². The summed E-state index contributed by atoms with van der Waals surface area (Å²) in [7, 11) is 0. The highest BCUT2D eigenvalue weighted by atomic mass is 79.9. The number of hydrogen-bond acceptors (Lipinski definition) is 3. The third kappa shape index (κ3) is 1.80. The predicted octanol–water partition coefficient (Wildman–Crippen LogP) is 3.76. The van der Waals surface area contributed by atoms with Gasteiger partial charge < -0.3 is 0 Å². The summed E-state index contributed by atoms with van der Waals surface area (Å²) < 4.78 is 17.8. The Morgan fingerprint density at radius 2 is 2.21 bits per heavy atom. The highest BCUT2D eigenvalue weighted by molar-refractivity contribution is 9.10. The maximum atomic E-state index is 13.4. The van der Waals surface area contributed by atoms with Crippen molar-refractivity contribution in [2.24, 2.45) is 0 Å². The summed E-state index contributed by atoms with van der Waals surface area (Å²) in [4.78, 5) is 3.91. The van der Waals surface area contributed by atoms with E-state index in [1.807, 2.05) is 0 Å². The molecule has 1 aromatic carbocycles. The van der Waals surface area contributed by atoms with E-state index < -0.39 is 0 Å². The predicted molar refractivity (Wildman–Crippen MR) is 58.0 cm³/mol. The molecule has 0 saturated carbocycles. The lowest BCUT2D eigenvalue weighted by atomic mass is 10.2. The molecule has 0 bridgehead atoms. The number of aromatic nitrogens is 2. The van der Waals surface area contributed by atoms with Crippen molar-refractivity contribution in [3.63, 3.8) is 0 Å². The SMILES string of the molecule is Fc1cccc(Br)c1-c1nc(Cl)ns1. The molecule has 6 heteroatoms. The van der Waals surface area contributed by atoms with Crippen LogP contribution < -0.4 is 0 Å². The van der Waals surface area contributed by atoms with Gasteiger partial charge in [-0.3, -0.25) is 0 Å². The Balaban J connectivity index is 2.61. The highest BCUT2D eigenvalue weighted by Crippen LogP contribution is 2.32. The largest absolute Gasteiger partial charge is 0.234 e. The molecule has 0 spiro atoms. The minimum absolute atomic E-state index is 0.139. The molecule has 14 heavy (non-hydrogen) atoms. The topological polar surface area (TPSA) is 25.8 Å². The lowest BCUT2D eigenvalue weighted by molar-refractivity contribution is 0.630. The average Bonchev–Trinajstić information content (AvgIpc) is 2.51. The van der Waals surface area contributed by atoms with Crippen molar-refractivity contribution >= 4 is 39.1 Å².